The minimum Gasteiger partial charge on any atom is -0.497 e. The van der Waals surface area contributed by atoms with Crippen LogP contribution in [0.15, 0.2) is 79.0 Å². The van der Waals surface area contributed by atoms with Gasteiger partial charge in [0.05, 0.1) is 12.7 Å². The van der Waals surface area contributed by atoms with Crippen molar-refractivity contribution in [1.82, 2.24) is 9.78 Å². The molecule has 148 valence electrons. The molecular formula is C26H22N2O2. The second-order valence-corrected chi connectivity index (χ2v) is 7.47. The van der Waals surface area contributed by atoms with Crippen molar-refractivity contribution in [1.29, 1.82) is 0 Å². The molecule has 0 saturated carbocycles. The van der Waals surface area contributed by atoms with Crippen LogP contribution < -0.4 is 9.47 Å². The number of aryl methyl sites for hydroxylation is 2. The van der Waals surface area contributed by atoms with Crippen LogP contribution in [0.4, 0.5) is 0 Å². The van der Waals surface area contributed by atoms with Crippen molar-refractivity contribution in [2.24, 2.45) is 7.05 Å². The minimum absolute atomic E-state index is 0.800. The number of ether oxygens (including phenoxy) is 2. The van der Waals surface area contributed by atoms with Gasteiger partial charge in [-0.3, -0.25) is 4.68 Å². The van der Waals surface area contributed by atoms with Gasteiger partial charge in [0.2, 0.25) is 0 Å². The molecule has 0 amide bonds. The number of methoxy groups -OCH3 is 1. The number of fused-ring (bicyclic) bond motifs is 3. The third-order valence-electron chi connectivity index (χ3n) is 5.35. The lowest BCUT2D eigenvalue weighted by Crippen LogP contribution is -2.07. The van der Waals surface area contributed by atoms with Gasteiger partial charge in [-0.2, -0.15) is 5.10 Å². The van der Waals surface area contributed by atoms with Gasteiger partial charge in [0.25, 0.3) is 0 Å². The van der Waals surface area contributed by atoms with Crippen LogP contribution in [0.5, 0.6) is 11.5 Å². The first kappa shape index (κ1) is 18.3. The van der Waals surface area contributed by atoms with Gasteiger partial charge < -0.3 is 9.47 Å². The molecule has 0 fully saturated rings. The van der Waals surface area contributed by atoms with Gasteiger partial charge >= 0.3 is 0 Å². The predicted octanol–water partition coefficient (Wildman–Crippen LogP) is 5.71. The van der Waals surface area contributed by atoms with Crippen molar-refractivity contribution in [3.63, 3.8) is 0 Å². The first-order valence-electron chi connectivity index (χ1n) is 9.91. The third kappa shape index (κ3) is 3.07. The van der Waals surface area contributed by atoms with E-state index in [1.807, 2.05) is 54.3 Å². The van der Waals surface area contributed by atoms with E-state index >= 15 is 0 Å². The summed E-state index contributed by atoms with van der Waals surface area (Å²) in [5, 5.41) is 4.74. The Morgan fingerprint density at radius 3 is 2.50 bits per heavy atom. The van der Waals surface area contributed by atoms with Crippen LogP contribution in [0.1, 0.15) is 22.3 Å². The number of aromatic nitrogens is 2. The zero-order valence-corrected chi connectivity index (χ0v) is 17.2. The molecular weight excluding hydrogens is 372 g/mol. The van der Waals surface area contributed by atoms with Crippen LogP contribution in [0, 0.1) is 6.92 Å². The van der Waals surface area contributed by atoms with Gasteiger partial charge in [0.1, 0.15) is 23.0 Å². The molecule has 0 radical (unpaired) electrons. The summed E-state index contributed by atoms with van der Waals surface area (Å²) in [6.45, 7) is 2.09. The van der Waals surface area contributed by atoms with Crippen LogP contribution in [-0.4, -0.2) is 16.9 Å². The van der Waals surface area contributed by atoms with Crippen molar-refractivity contribution in [2.45, 2.75) is 6.92 Å². The van der Waals surface area contributed by atoms with Gasteiger partial charge in [-0.05, 0) is 42.3 Å². The number of rotatable bonds is 3. The summed E-state index contributed by atoms with van der Waals surface area (Å²) in [7, 11) is 3.63. The first-order chi connectivity index (χ1) is 14.6. The lowest BCUT2D eigenvalue weighted by atomic mass is 9.91. The molecule has 1 aliphatic heterocycles. The fourth-order valence-electron chi connectivity index (χ4n) is 3.88. The van der Waals surface area contributed by atoms with Crippen molar-refractivity contribution >= 4 is 11.3 Å². The minimum atomic E-state index is 0.800. The maximum Gasteiger partial charge on any atom is 0.146 e. The molecule has 4 aromatic rings. The van der Waals surface area contributed by atoms with Crippen LogP contribution in [0.2, 0.25) is 0 Å². The standard InChI is InChI=1S/C26H22N2O2/c1-17-11-13-18(14-12-17)24(19-7-6-8-20(15-19)29-3)26-22-16-28(2)27-25(22)21-9-4-5-10-23(21)30-26/h4-16H,1-3H3/b26-24+. The van der Waals surface area contributed by atoms with E-state index in [4.69, 9.17) is 14.6 Å². The molecule has 4 nitrogen and oxygen atoms in total. The summed E-state index contributed by atoms with van der Waals surface area (Å²) >= 11 is 0. The van der Waals surface area contributed by atoms with E-state index < -0.39 is 0 Å². The second kappa shape index (κ2) is 7.23. The van der Waals surface area contributed by atoms with E-state index in [-0.39, 0.29) is 0 Å². The zero-order valence-electron chi connectivity index (χ0n) is 17.2. The maximum absolute atomic E-state index is 6.53. The van der Waals surface area contributed by atoms with E-state index in [0.29, 0.717) is 0 Å². The Morgan fingerprint density at radius 1 is 0.900 bits per heavy atom. The normalized spacial score (nSPS) is 13.8. The summed E-state index contributed by atoms with van der Waals surface area (Å²) in [5.41, 5.74) is 7.26. The highest BCUT2D eigenvalue weighted by atomic mass is 16.5. The Kier molecular flexibility index (Phi) is 4.40. The number of hydrogen-bond acceptors (Lipinski definition) is 3. The van der Waals surface area contributed by atoms with Crippen molar-refractivity contribution in [3.05, 3.63) is 101 Å². The largest absolute Gasteiger partial charge is 0.497 e. The van der Waals surface area contributed by atoms with Crippen molar-refractivity contribution < 1.29 is 9.47 Å². The van der Waals surface area contributed by atoms with Crippen LogP contribution in [0.3, 0.4) is 0 Å². The van der Waals surface area contributed by atoms with E-state index in [1.54, 1.807) is 7.11 Å². The van der Waals surface area contributed by atoms with E-state index in [0.717, 1.165) is 50.8 Å². The van der Waals surface area contributed by atoms with Crippen LogP contribution >= 0.6 is 0 Å². The molecule has 5 rings (SSSR count). The molecule has 0 aliphatic carbocycles. The fraction of sp³-hybridized carbons (Fsp3) is 0.115. The molecule has 1 aliphatic rings. The summed E-state index contributed by atoms with van der Waals surface area (Å²) in [4.78, 5) is 0. The quantitative estimate of drug-likeness (QED) is 0.446. The summed E-state index contributed by atoms with van der Waals surface area (Å²) < 4.78 is 13.9. The number of nitrogens with zero attached hydrogens (tertiary/aromatic N) is 2. The third-order valence-corrected chi connectivity index (χ3v) is 5.35. The molecule has 0 atom stereocenters. The second-order valence-electron chi connectivity index (χ2n) is 7.47. The molecule has 30 heavy (non-hydrogen) atoms. The van der Waals surface area contributed by atoms with Crippen molar-refractivity contribution in [3.8, 4) is 22.8 Å². The molecule has 0 bridgehead atoms. The Hall–Kier alpha value is -3.79. The molecule has 0 saturated heterocycles. The molecule has 2 heterocycles. The van der Waals surface area contributed by atoms with E-state index in [9.17, 15) is 0 Å². The summed E-state index contributed by atoms with van der Waals surface area (Å²) in [5.74, 6) is 2.42. The summed E-state index contributed by atoms with van der Waals surface area (Å²) in [6.07, 6.45) is 2.02. The van der Waals surface area contributed by atoms with E-state index in [2.05, 4.69) is 43.3 Å². The Bertz CT molecular complexity index is 1270. The summed E-state index contributed by atoms with van der Waals surface area (Å²) in [6, 6.07) is 24.6. The van der Waals surface area contributed by atoms with Crippen LogP contribution in [-0.2, 0) is 7.05 Å². The van der Waals surface area contributed by atoms with Gasteiger partial charge in [0.15, 0.2) is 0 Å². The SMILES string of the molecule is COc1cccc(/C(=C2/Oc3ccccc3-c3nn(C)cc32)c2ccc(C)cc2)c1. The van der Waals surface area contributed by atoms with Gasteiger partial charge in [-0.1, -0.05) is 54.1 Å². The molecule has 0 unspecified atom stereocenters. The van der Waals surface area contributed by atoms with Gasteiger partial charge in [0, 0.05) is 24.4 Å². The number of benzene rings is 3. The zero-order chi connectivity index (χ0) is 20.7. The average molecular weight is 394 g/mol. The number of hydrogen-bond donors (Lipinski definition) is 0. The smallest absolute Gasteiger partial charge is 0.146 e. The lowest BCUT2D eigenvalue weighted by Gasteiger charge is -2.23. The molecule has 0 spiro atoms. The van der Waals surface area contributed by atoms with Gasteiger partial charge in [-0.15, -0.1) is 0 Å². The molecule has 0 N–H and O–H groups in total. The van der Waals surface area contributed by atoms with Crippen molar-refractivity contribution in [2.75, 3.05) is 7.11 Å². The number of para-hydroxylation sites is 1. The Labute approximate surface area is 176 Å². The highest BCUT2D eigenvalue weighted by Gasteiger charge is 2.28. The lowest BCUT2D eigenvalue weighted by molar-refractivity contribution is 0.414. The predicted molar refractivity (Wildman–Crippen MR) is 119 cm³/mol. The fourth-order valence-corrected chi connectivity index (χ4v) is 3.88. The highest BCUT2D eigenvalue weighted by molar-refractivity contribution is 6.01. The van der Waals surface area contributed by atoms with E-state index in [1.165, 1.54) is 5.56 Å². The Balaban J connectivity index is 1.83. The highest BCUT2D eigenvalue weighted by Crippen LogP contribution is 2.45. The maximum atomic E-state index is 6.53. The van der Waals surface area contributed by atoms with Crippen LogP contribution in [0.25, 0.3) is 22.6 Å². The molecule has 1 aromatic heterocycles. The molecule has 4 heteroatoms. The first-order valence-corrected chi connectivity index (χ1v) is 9.91. The monoisotopic (exact) mass is 394 g/mol. The Morgan fingerprint density at radius 2 is 1.70 bits per heavy atom. The average Bonchev–Trinajstić information content (AvgIpc) is 3.17. The molecule has 3 aromatic carbocycles. The van der Waals surface area contributed by atoms with Gasteiger partial charge in [-0.25, -0.2) is 0 Å². The topological polar surface area (TPSA) is 36.3 Å².